The first-order valence-corrected chi connectivity index (χ1v) is 9.18. The van der Waals surface area contributed by atoms with Gasteiger partial charge in [-0.05, 0) is 25.8 Å². The van der Waals surface area contributed by atoms with Crippen LogP contribution in [-0.2, 0) is 9.53 Å². The van der Waals surface area contributed by atoms with Gasteiger partial charge in [-0.2, -0.15) is 0 Å². The molecule has 0 N–H and O–H groups in total. The Bertz CT molecular complexity index is 970. The average molecular weight is 363 g/mol. The molecule has 27 heavy (non-hydrogen) atoms. The van der Waals surface area contributed by atoms with Crippen LogP contribution in [0.3, 0.4) is 0 Å². The smallest absolute Gasteiger partial charge is 0.375 e. The Morgan fingerprint density at radius 2 is 1.67 bits per heavy atom. The van der Waals surface area contributed by atoms with Gasteiger partial charge in [0, 0.05) is 29.6 Å². The molecule has 1 aliphatic heterocycles. The van der Waals surface area contributed by atoms with E-state index in [0.29, 0.717) is 24.2 Å². The van der Waals surface area contributed by atoms with Crippen molar-refractivity contribution in [3.8, 4) is 0 Å². The van der Waals surface area contributed by atoms with E-state index in [9.17, 15) is 9.59 Å². The van der Waals surface area contributed by atoms with Gasteiger partial charge in [-0.15, -0.1) is 0 Å². The molecular weight excluding hydrogens is 342 g/mol. The number of nitrogens with zero attached hydrogens (tertiary/aromatic N) is 1. The predicted octanol–water partition coefficient (Wildman–Crippen LogP) is 4.26. The number of likely N-dealkylation sites (tertiary alicyclic amines) is 1. The van der Waals surface area contributed by atoms with Gasteiger partial charge in [-0.25, -0.2) is 4.79 Å². The highest BCUT2D eigenvalue weighted by Gasteiger charge is 2.32. The van der Waals surface area contributed by atoms with Crippen molar-refractivity contribution in [1.82, 2.24) is 4.90 Å². The molecule has 0 bridgehead atoms. The Morgan fingerprint density at radius 1 is 1.00 bits per heavy atom. The largest absolute Gasteiger partial charge is 0.449 e. The molecule has 1 saturated heterocycles. The normalized spacial score (nSPS) is 15.1. The third kappa shape index (κ3) is 3.33. The maximum Gasteiger partial charge on any atom is 0.375 e. The molecule has 5 heteroatoms. The van der Waals surface area contributed by atoms with Crippen molar-refractivity contribution < 1.29 is 18.7 Å². The molecule has 0 saturated carbocycles. The summed E-state index contributed by atoms with van der Waals surface area (Å²) in [7, 11) is 0. The van der Waals surface area contributed by atoms with E-state index in [1.165, 1.54) is 0 Å². The summed E-state index contributed by atoms with van der Waals surface area (Å²) in [4.78, 5) is 27.6. The first-order chi connectivity index (χ1) is 13.1. The lowest BCUT2D eigenvalue weighted by Crippen LogP contribution is -2.34. The van der Waals surface area contributed by atoms with Crippen LogP contribution in [0.15, 0.2) is 59.0 Å². The molecule has 1 amide bonds. The lowest BCUT2D eigenvalue weighted by molar-refractivity contribution is -0.140. The number of furan rings is 1. The monoisotopic (exact) mass is 363 g/mol. The molecule has 3 aromatic rings. The highest BCUT2D eigenvalue weighted by Crippen LogP contribution is 2.29. The molecule has 1 atom stereocenters. The predicted molar refractivity (Wildman–Crippen MR) is 101 cm³/mol. The number of rotatable bonds is 4. The molecule has 0 spiro atoms. The van der Waals surface area contributed by atoms with Crippen molar-refractivity contribution in [1.29, 1.82) is 0 Å². The summed E-state index contributed by atoms with van der Waals surface area (Å²) in [6.07, 6.45) is 0.984. The number of ether oxygens (including phenoxy) is 1. The molecule has 5 nitrogen and oxygen atoms in total. The fourth-order valence-corrected chi connectivity index (χ4v) is 3.52. The SMILES string of the molecule is Cc1c(C(=O)O[C@@H](C(=O)N2CCCC2)c2ccccc2)oc2ccccc12. The first-order valence-electron chi connectivity index (χ1n) is 9.18. The number of carbonyl (C=O) groups is 2. The van der Waals surface area contributed by atoms with Crippen LogP contribution in [0.1, 0.15) is 40.6 Å². The molecule has 2 aromatic carbocycles. The Morgan fingerprint density at radius 3 is 2.37 bits per heavy atom. The molecular formula is C22H21NO4. The van der Waals surface area contributed by atoms with E-state index in [2.05, 4.69) is 0 Å². The summed E-state index contributed by atoms with van der Waals surface area (Å²) in [6, 6.07) is 16.6. The van der Waals surface area contributed by atoms with Crippen LogP contribution in [0.2, 0.25) is 0 Å². The van der Waals surface area contributed by atoms with E-state index < -0.39 is 12.1 Å². The number of fused-ring (bicyclic) bond motifs is 1. The van der Waals surface area contributed by atoms with Crippen LogP contribution in [0.25, 0.3) is 11.0 Å². The molecule has 0 aliphatic carbocycles. The van der Waals surface area contributed by atoms with Crippen molar-refractivity contribution >= 4 is 22.8 Å². The molecule has 4 rings (SSSR count). The van der Waals surface area contributed by atoms with Crippen LogP contribution in [0.4, 0.5) is 0 Å². The van der Waals surface area contributed by atoms with Gasteiger partial charge in [0.25, 0.3) is 5.91 Å². The Balaban J connectivity index is 1.65. The molecule has 1 aromatic heterocycles. The van der Waals surface area contributed by atoms with Crippen LogP contribution in [0, 0.1) is 6.92 Å². The zero-order chi connectivity index (χ0) is 18.8. The Hall–Kier alpha value is -3.08. The van der Waals surface area contributed by atoms with Gasteiger partial charge in [0.2, 0.25) is 11.9 Å². The van der Waals surface area contributed by atoms with E-state index >= 15 is 0 Å². The van der Waals surface area contributed by atoms with Gasteiger partial charge in [0.05, 0.1) is 0 Å². The van der Waals surface area contributed by atoms with Crippen LogP contribution >= 0.6 is 0 Å². The highest BCUT2D eigenvalue weighted by molar-refractivity contribution is 5.97. The Labute approximate surface area is 157 Å². The number of hydrogen-bond donors (Lipinski definition) is 0. The van der Waals surface area contributed by atoms with E-state index in [-0.39, 0.29) is 11.7 Å². The third-order valence-corrected chi connectivity index (χ3v) is 5.00. The molecule has 2 heterocycles. The summed E-state index contributed by atoms with van der Waals surface area (Å²) >= 11 is 0. The zero-order valence-electron chi connectivity index (χ0n) is 15.2. The minimum atomic E-state index is -0.968. The van der Waals surface area contributed by atoms with Gasteiger partial charge in [0.15, 0.2) is 0 Å². The number of hydrogen-bond acceptors (Lipinski definition) is 4. The van der Waals surface area contributed by atoms with Crippen molar-refractivity contribution in [2.75, 3.05) is 13.1 Å². The van der Waals surface area contributed by atoms with E-state index in [0.717, 1.165) is 23.8 Å². The lowest BCUT2D eigenvalue weighted by atomic mass is 10.1. The zero-order valence-corrected chi connectivity index (χ0v) is 15.2. The maximum absolute atomic E-state index is 13.0. The van der Waals surface area contributed by atoms with Crippen LogP contribution < -0.4 is 0 Å². The second-order valence-corrected chi connectivity index (χ2v) is 6.78. The minimum Gasteiger partial charge on any atom is -0.449 e. The topological polar surface area (TPSA) is 59.8 Å². The first kappa shape index (κ1) is 17.3. The van der Waals surface area contributed by atoms with Crippen molar-refractivity contribution in [3.63, 3.8) is 0 Å². The maximum atomic E-state index is 13.0. The summed E-state index contributed by atoms with van der Waals surface area (Å²) in [6.45, 7) is 3.22. The number of carbonyl (C=O) groups excluding carboxylic acids is 2. The van der Waals surface area contributed by atoms with Gasteiger partial charge < -0.3 is 14.1 Å². The van der Waals surface area contributed by atoms with Crippen molar-refractivity contribution in [3.05, 3.63) is 71.5 Å². The van der Waals surface area contributed by atoms with E-state index in [4.69, 9.17) is 9.15 Å². The summed E-state index contributed by atoms with van der Waals surface area (Å²) < 4.78 is 11.4. The van der Waals surface area contributed by atoms with Crippen molar-refractivity contribution in [2.45, 2.75) is 25.9 Å². The molecule has 0 radical (unpaired) electrons. The average Bonchev–Trinajstić information content (AvgIpc) is 3.35. The van der Waals surface area contributed by atoms with Gasteiger partial charge >= 0.3 is 5.97 Å². The number of aryl methyl sites for hydroxylation is 1. The fraction of sp³-hybridized carbons (Fsp3) is 0.273. The molecule has 1 aliphatic rings. The van der Waals surface area contributed by atoms with E-state index in [1.54, 1.807) is 17.0 Å². The lowest BCUT2D eigenvalue weighted by Gasteiger charge is -2.23. The summed E-state index contributed by atoms with van der Waals surface area (Å²) in [5, 5.41) is 0.867. The third-order valence-electron chi connectivity index (χ3n) is 5.00. The second kappa shape index (κ2) is 7.27. The number of benzene rings is 2. The van der Waals surface area contributed by atoms with Gasteiger partial charge in [0.1, 0.15) is 5.58 Å². The summed E-state index contributed by atoms with van der Waals surface area (Å²) in [5.74, 6) is -0.655. The van der Waals surface area contributed by atoms with Crippen LogP contribution in [-0.4, -0.2) is 29.9 Å². The minimum absolute atomic E-state index is 0.145. The molecule has 1 fully saturated rings. The highest BCUT2D eigenvalue weighted by atomic mass is 16.6. The summed E-state index contributed by atoms with van der Waals surface area (Å²) in [5.41, 5.74) is 2.01. The Kier molecular flexibility index (Phi) is 4.67. The number of amides is 1. The van der Waals surface area contributed by atoms with E-state index in [1.807, 2.05) is 49.4 Å². The van der Waals surface area contributed by atoms with Gasteiger partial charge in [-0.3, -0.25) is 4.79 Å². The number of para-hydroxylation sites is 1. The quantitative estimate of drug-likeness (QED) is 0.650. The fourth-order valence-electron chi connectivity index (χ4n) is 3.52. The standard InChI is InChI=1S/C22H21NO4/c1-15-17-11-5-6-12-18(17)26-19(15)22(25)27-20(16-9-3-2-4-10-16)21(24)23-13-7-8-14-23/h2-6,9-12,20H,7-8,13-14H2,1H3/t20-/m1/s1. The van der Waals surface area contributed by atoms with Crippen LogP contribution in [0.5, 0.6) is 0 Å². The molecule has 138 valence electrons. The van der Waals surface area contributed by atoms with Gasteiger partial charge in [-0.1, -0.05) is 48.5 Å². The molecule has 0 unspecified atom stereocenters. The second-order valence-electron chi connectivity index (χ2n) is 6.78. The number of esters is 1. The van der Waals surface area contributed by atoms with Crippen molar-refractivity contribution in [2.24, 2.45) is 0 Å².